The third kappa shape index (κ3) is 4.53. The molecule has 0 radical (unpaired) electrons. The second kappa shape index (κ2) is 8.49. The van der Waals surface area contributed by atoms with Crippen LogP contribution in [-0.4, -0.2) is 26.9 Å². The molecule has 1 amide bonds. The summed E-state index contributed by atoms with van der Waals surface area (Å²) >= 11 is 0. The fourth-order valence-electron chi connectivity index (χ4n) is 3.03. The van der Waals surface area contributed by atoms with Crippen molar-refractivity contribution in [2.75, 3.05) is 6.54 Å². The standard InChI is InChI=1S/C23H25N3O/c1-4-14-26(23(27)20-11-9-18(2)10-12-20)17-22-24-13-15-25(22)16-21-8-6-5-7-19(21)3/h4-13,15H,1,14,16-17H2,2-3H3. The summed E-state index contributed by atoms with van der Waals surface area (Å²) in [5.74, 6) is 0.848. The van der Waals surface area contributed by atoms with E-state index in [2.05, 4.69) is 35.2 Å². The van der Waals surface area contributed by atoms with Gasteiger partial charge in [-0.05, 0) is 37.1 Å². The van der Waals surface area contributed by atoms with Crippen LogP contribution in [0.15, 0.2) is 73.6 Å². The van der Waals surface area contributed by atoms with E-state index in [1.807, 2.05) is 49.5 Å². The van der Waals surface area contributed by atoms with Crippen LogP contribution in [-0.2, 0) is 13.1 Å². The number of nitrogens with zero attached hydrogens (tertiary/aromatic N) is 3. The Bertz CT molecular complexity index is 925. The Morgan fingerprint density at radius 2 is 1.89 bits per heavy atom. The number of imidazole rings is 1. The van der Waals surface area contributed by atoms with Gasteiger partial charge in [0.2, 0.25) is 0 Å². The Kier molecular flexibility index (Phi) is 5.87. The quantitative estimate of drug-likeness (QED) is 0.587. The molecule has 1 heterocycles. The Morgan fingerprint density at radius 3 is 2.59 bits per heavy atom. The van der Waals surface area contributed by atoms with Crippen molar-refractivity contribution in [3.8, 4) is 0 Å². The Hall–Kier alpha value is -3.14. The number of amides is 1. The van der Waals surface area contributed by atoms with Crippen molar-refractivity contribution in [3.63, 3.8) is 0 Å². The van der Waals surface area contributed by atoms with E-state index in [9.17, 15) is 4.79 Å². The number of hydrogen-bond acceptors (Lipinski definition) is 2. The predicted octanol–water partition coefficient (Wildman–Crippen LogP) is 4.38. The number of carbonyl (C=O) groups is 1. The molecule has 0 unspecified atom stereocenters. The molecule has 0 saturated heterocycles. The van der Waals surface area contributed by atoms with Gasteiger partial charge in [-0.2, -0.15) is 0 Å². The summed E-state index contributed by atoms with van der Waals surface area (Å²) in [5.41, 5.74) is 4.31. The van der Waals surface area contributed by atoms with Crippen LogP contribution in [0.1, 0.15) is 32.9 Å². The van der Waals surface area contributed by atoms with Crippen molar-refractivity contribution >= 4 is 5.91 Å². The molecule has 0 fully saturated rings. The SMILES string of the molecule is C=CCN(Cc1nccn1Cc1ccccc1C)C(=O)c1ccc(C)cc1. The smallest absolute Gasteiger partial charge is 0.254 e. The monoisotopic (exact) mass is 359 g/mol. The second-order valence-corrected chi connectivity index (χ2v) is 6.74. The lowest BCUT2D eigenvalue weighted by Gasteiger charge is -2.22. The number of aryl methyl sites for hydroxylation is 2. The molecule has 4 heteroatoms. The molecule has 138 valence electrons. The van der Waals surface area contributed by atoms with E-state index in [1.54, 1.807) is 17.2 Å². The molecule has 0 aliphatic heterocycles. The summed E-state index contributed by atoms with van der Waals surface area (Å²) < 4.78 is 2.10. The molecular formula is C23H25N3O. The molecule has 0 aliphatic rings. The fourth-order valence-corrected chi connectivity index (χ4v) is 3.03. The highest BCUT2D eigenvalue weighted by atomic mass is 16.2. The lowest BCUT2D eigenvalue weighted by Crippen LogP contribution is -2.32. The van der Waals surface area contributed by atoms with Gasteiger partial charge in [0, 0.05) is 31.0 Å². The van der Waals surface area contributed by atoms with Crippen molar-refractivity contribution in [2.45, 2.75) is 26.9 Å². The van der Waals surface area contributed by atoms with Gasteiger partial charge < -0.3 is 9.47 Å². The van der Waals surface area contributed by atoms with Gasteiger partial charge in [-0.25, -0.2) is 4.98 Å². The number of rotatable bonds is 7. The highest BCUT2D eigenvalue weighted by Crippen LogP contribution is 2.14. The van der Waals surface area contributed by atoms with E-state index in [4.69, 9.17) is 0 Å². The minimum atomic E-state index is -0.0136. The second-order valence-electron chi connectivity index (χ2n) is 6.74. The summed E-state index contributed by atoms with van der Waals surface area (Å²) in [4.78, 5) is 19.2. The lowest BCUT2D eigenvalue weighted by atomic mass is 10.1. The van der Waals surface area contributed by atoms with E-state index < -0.39 is 0 Å². The van der Waals surface area contributed by atoms with Crippen molar-refractivity contribution in [1.29, 1.82) is 0 Å². The number of carbonyl (C=O) groups excluding carboxylic acids is 1. The minimum absolute atomic E-state index is 0.0136. The molecule has 0 bridgehead atoms. The lowest BCUT2D eigenvalue weighted by molar-refractivity contribution is 0.0757. The van der Waals surface area contributed by atoms with Crippen molar-refractivity contribution in [2.24, 2.45) is 0 Å². The molecule has 27 heavy (non-hydrogen) atoms. The third-order valence-electron chi connectivity index (χ3n) is 4.67. The first kappa shape index (κ1) is 18.6. The van der Waals surface area contributed by atoms with Crippen LogP contribution in [0.25, 0.3) is 0 Å². The summed E-state index contributed by atoms with van der Waals surface area (Å²) in [6.45, 7) is 9.58. The van der Waals surface area contributed by atoms with Gasteiger partial charge in [0.15, 0.2) is 0 Å². The van der Waals surface area contributed by atoms with Gasteiger partial charge >= 0.3 is 0 Å². The minimum Gasteiger partial charge on any atom is -0.329 e. The molecule has 0 N–H and O–H groups in total. The average Bonchev–Trinajstić information content (AvgIpc) is 3.10. The Morgan fingerprint density at radius 1 is 1.15 bits per heavy atom. The largest absolute Gasteiger partial charge is 0.329 e. The zero-order chi connectivity index (χ0) is 19.2. The van der Waals surface area contributed by atoms with E-state index in [0.29, 0.717) is 18.7 Å². The number of aromatic nitrogens is 2. The number of benzene rings is 2. The maximum Gasteiger partial charge on any atom is 0.254 e. The average molecular weight is 359 g/mol. The third-order valence-corrected chi connectivity index (χ3v) is 4.67. The van der Waals surface area contributed by atoms with Gasteiger partial charge in [0.1, 0.15) is 5.82 Å². The fraction of sp³-hybridized carbons (Fsp3) is 0.217. The van der Waals surface area contributed by atoms with Crippen LogP contribution in [0, 0.1) is 13.8 Å². The van der Waals surface area contributed by atoms with Crippen LogP contribution in [0.5, 0.6) is 0 Å². The van der Waals surface area contributed by atoms with E-state index >= 15 is 0 Å². The van der Waals surface area contributed by atoms with Gasteiger partial charge in [0.25, 0.3) is 5.91 Å². The molecular weight excluding hydrogens is 334 g/mol. The first-order valence-corrected chi connectivity index (χ1v) is 9.10. The molecule has 0 spiro atoms. The van der Waals surface area contributed by atoms with Gasteiger partial charge in [-0.15, -0.1) is 6.58 Å². The summed E-state index contributed by atoms with van der Waals surface area (Å²) in [6.07, 6.45) is 5.50. The zero-order valence-electron chi connectivity index (χ0n) is 15.9. The predicted molar refractivity (Wildman–Crippen MR) is 109 cm³/mol. The van der Waals surface area contributed by atoms with E-state index in [1.165, 1.54) is 11.1 Å². The highest BCUT2D eigenvalue weighted by molar-refractivity contribution is 5.94. The maximum absolute atomic E-state index is 12.9. The Balaban J connectivity index is 1.80. The van der Waals surface area contributed by atoms with Crippen molar-refractivity contribution < 1.29 is 4.79 Å². The van der Waals surface area contributed by atoms with E-state index in [-0.39, 0.29) is 5.91 Å². The summed E-state index contributed by atoms with van der Waals surface area (Å²) in [5, 5.41) is 0. The topological polar surface area (TPSA) is 38.1 Å². The molecule has 2 aromatic carbocycles. The van der Waals surface area contributed by atoms with Crippen LogP contribution in [0.3, 0.4) is 0 Å². The normalized spacial score (nSPS) is 10.6. The molecule has 3 rings (SSSR count). The molecule has 1 aromatic heterocycles. The first-order chi connectivity index (χ1) is 13.1. The van der Waals surface area contributed by atoms with Gasteiger partial charge in [-0.1, -0.05) is 48.0 Å². The molecule has 3 aromatic rings. The zero-order valence-corrected chi connectivity index (χ0v) is 15.9. The van der Waals surface area contributed by atoms with Crippen LogP contribution in [0.4, 0.5) is 0 Å². The summed E-state index contributed by atoms with van der Waals surface area (Å²) in [7, 11) is 0. The molecule has 0 aliphatic carbocycles. The van der Waals surface area contributed by atoms with E-state index in [0.717, 1.165) is 17.9 Å². The Labute approximate surface area is 160 Å². The molecule has 4 nitrogen and oxygen atoms in total. The van der Waals surface area contributed by atoms with Crippen molar-refractivity contribution in [1.82, 2.24) is 14.5 Å². The molecule has 0 atom stereocenters. The maximum atomic E-state index is 12.9. The van der Waals surface area contributed by atoms with Crippen molar-refractivity contribution in [3.05, 3.63) is 102 Å². The van der Waals surface area contributed by atoms with Crippen LogP contribution < -0.4 is 0 Å². The summed E-state index contributed by atoms with van der Waals surface area (Å²) in [6, 6.07) is 16.0. The highest BCUT2D eigenvalue weighted by Gasteiger charge is 2.17. The van der Waals surface area contributed by atoms with Gasteiger partial charge in [0.05, 0.1) is 6.54 Å². The molecule has 0 saturated carbocycles. The first-order valence-electron chi connectivity index (χ1n) is 9.10. The van der Waals surface area contributed by atoms with Gasteiger partial charge in [-0.3, -0.25) is 4.79 Å². The number of hydrogen-bond donors (Lipinski definition) is 0. The van der Waals surface area contributed by atoms with Crippen LogP contribution in [0.2, 0.25) is 0 Å². The van der Waals surface area contributed by atoms with Crippen LogP contribution >= 0.6 is 0 Å².